The number of amides is 1. The summed E-state index contributed by atoms with van der Waals surface area (Å²) in [5.41, 5.74) is 2.48. The summed E-state index contributed by atoms with van der Waals surface area (Å²) in [6.07, 6.45) is 3.17. The van der Waals surface area contributed by atoms with Crippen molar-refractivity contribution in [2.24, 2.45) is 0 Å². The lowest BCUT2D eigenvalue weighted by Crippen LogP contribution is -2.07. The zero-order valence-electron chi connectivity index (χ0n) is 9.66. The van der Waals surface area contributed by atoms with Crippen molar-refractivity contribution in [1.82, 2.24) is 10.2 Å². The van der Waals surface area contributed by atoms with Gasteiger partial charge in [0.15, 0.2) is 0 Å². The lowest BCUT2D eigenvalue weighted by atomic mass is 10.2. The molecular formula is C12H11N3O2S. The monoisotopic (exact) mass is 261 g/mol. The van der Waals surface area contributed by atoms with Crippen LogP contribution in [0.15, 0.2) is 35.9 Å². The molecule has 1 amide bonds. The van der Waals surface area contributed by atoms with Crippen LogP contribution in [0.1, 0.15) is 5.56 Å². The first-order valence-electron chi connectivity index (χ1n) is 5.17. The minimum atomic E-state index is -0.234. The van der Waals surface area contributed by atoms with Gasteiger partial charge in [0.2, 0.25) is 11.0 Å². The maximum atomic E-state index is 11.5. The number of carbonyl (C=O) groups is 1. The van der Waals surface area contributed by atoms with E-state index in [2.05, 4.69) is 15.5 Å². The predicted octanol–water partition coefficient (Wildman–Crippen LogP) is 2.20. The standard InChI is InChI=1S/C12H11N3O2S/c1-17-10-5-2-9(3-6-10)4-7-11(16)14-12-15-13-8-18-12/h2-8H,1H3,(H,14,15,16)/b7-4-. The van der Waals surface area contributed by atoms with Gasteiger partial charge in [0.1, 0.15) is 11.3 Å². The minimum absolute atomic E-state index is 0.234. The molecule has 2 rings (SSSR count). The molecule has 0 aliphatic carbocycles. The highest BCUT2D eigenvalue weighted by molar-refractivity contribution is 7.13. The molecule has 6 heteroatoms. The van der Waals surface area contributed by atoms with Crippen LogP contribution in [0.4, 0.5) is 5.13 Å². The first kappa shape index (κ1) is 12.3. The van der Waals surface area contributed by atoms with Crippen LogP contribution in [0.25, 0.3) is 6.08 Å². The summed E-state index contributed by atoms with van der Waals surface area (Å²) in [5, 5.41) is 10.4. The zero-order chi connectivity index (χ0) is 12.8. The molecule has 0 radical (unpaired) electrons. The molecule has 18 heavy (non-hydrogen) atoms. The highest BCUT2D eigenvalue weighted by atomic mass is 32.1. The Hall–Kier alpha value is -2.21. The number of nitrogens with zero attached hydrogens (tertiary/aromatic N) is 2. The van der Waals surface area contributed by atoms with E-state index in [0.29, 0.717) is 5.13 Å². The van der Waals surface area contributed by atoms with Gasteiger partial charge in [-0.1, -0.05) is 23.5 Å². The normalized spacial score (nSPS) is 10.5. The first-order chi connectivity index (χ1) is 8.78. The lowest BCUT2D eigenvalue weighted by Gasteiger charge is -1.99. The number of methoxy groups -OCH3 is 1. The maximum Gasteiger partial charge on any atom is 0.250 e. The molecule has 92 valence electrons. The molecule has 0 spiro atoms. The Bertz CT molecular complexity index is 535. The van der Waals surface area contributed by atoms with E-state index in [0.717, 1.165) is 11.3 Å². The Labute approximate surface area is 108 Å². The van der Waals surface area contributed by atoms with Crippen molar-refractivity contribution in [3.05, 3.63) is 41.4 Å². The maximum absolute atomic E-state index is 11.5. The van der Waals surface area contributed by atoms with E-state index in [1.165, 1.54) is 17.4 Å². The van der Waals surface area contributed by atoms with E-state index in [1.807, 2.05) is 24.3 Å². The number of aromatic nitrogens is 2. The van der Waals surface area contributed by atoms with Crippen LogP contribution >= 0.6 is 11.3 Å². The van der Waals surface area contributed by atoms with Crippen molar-refractivity contribution in [3.8, 4) is 5.75 Å². The average Bonchev–Trinajstić information content (AvgIpc) is 2.90. The van der Waals surface area contributed by atoms with Crippen LogP contribution in [-0.2, 0) is 4.79 Å². The second kappa shape index (κ2) is 5.92. The largest absolute Gasteiger partial charge is 0.497 e. The summed E-state index contributed by atoms with van der Waals surface area (Å²) in [7, 11) is 1.61. The van der Waals surface area contributed by atoms with Gasteiger partial charge in [-0.25, -0.2) is 0 Å². The molecule has 2 aromatic rings. The van der Waals surface area contributed by atoms with Crippen LogP contribution in [0.3, 0.4) is 0 Å². The summed E-state index contributed by atoms with van der Waals surface area (Å²) in [6.45, 7) is 0. The smallest absolute Gasteiger partial charge is 0.250 e. The lowest BCUT2D eigenvalue weighted by molar-refractivity contribution is -0.111. The second-order valence-corrected chi connectivity index (χ2v) is 4.17. The second-order valence-electron chi connectivity index (χ2n) is 3.34. The van der Waals surface area contributed by atoms with Crippen LogP contribution in [-0.4, -0.2) is 23.2 Å². The number of rotatable bonds is 4. The summed E-state index contributed by atoms with van der Waals surface area (Å²) >= 11 is 1.27. The Morgan fingerprint density at radius 2 is 2.17 bits per heavy atom. The summed E-state index contributed by atoms with van der Waals surface area (Å²) < 4.78 is 5.05. The third kappa shape index (κ3) is 3.39. The fourth-order valence-corrected chi connectivity index (χ4v) is 1.71. The number of hydrogen-bond acceptors (Lipinski definition) is 5. The first-order valence-corrected chi connectivity index (χ1v) is 6.05. The molecule has 0 saturated heterocycles. The van der Waals surface area contributed by atoms with Crippen LogP contribution in [0.5, 0.6) is 5.75 Å². The SMILES string of the molecule is COc1ccc(/C=C\C(=O)Nc2nncs2)cc1. The minimum Gasteiger partial charge on any atom is -0.497 e. The average molecular weight is 261 g/mol. The van der Waals surface area contributed by atoms with Gasteiger partial charge >= 0.3 is 0 Å². The summed E-state index contributed by atoms with van der Waals surface area (Å²) in [5.74, 6) is 0.549. The van der Waals surface area contributed by atoms with E-state index >= 15 is 0 Å². The van der Waals surface area contributed by atoms with Gasteiger partial charge in [-0.2, -0.15) is 0 Å². The molecule has 0 saturated carbocycles. The van der Waals surface area contributed by atoms with Crippen molar-refractivity contribution in [3.63, 3.8) is 0 Å². The number of benzene rings is 1. The van der Waals surface area contributed by atoms with Crippen LogP contribution in [0, 0.1) is 0 Å². The Kier molecular flexibility index (Phi) is 4.03. The topological polar surface area (TPSA) is 64.1 Å². The number of anilines is 1. The van der Waals surface area contributed by atoms with Crippen molar-refractivity contribution in [2.45, 2.75) is 0 Å². The number of carbonyl (C=O) groups excluding carboxylic acids is 1. The molecule has 0 fully saturated rings. The molecule has 0 atom stereocenters. The molecule has 1 aromatic carbocycles. The van der Waals surface area contributed by atoms with Crippen LogP contribution < -0.4 is 10.1 Å². The Balaban J connectivity index is 1.95. The highest BCUT2D eigenvalue weighted by Crippen LogP contribution is 2.12. The number of hydrogen-bond donors (Lipinski definition) is 1. The molecular weight excluding hydrogens is 250 g/mol. The summed E-state index contributed by atoms with van der Waals surface area (Å²) in [6, 6.07) is 7.41. The van der Waals surface area contributed by atoms with E-state index in [1.54, 1.807) is 18.7 Å². The van der Waals surface area contributed by atoms with E-state index in [-0.39, 0.29) is 5.91 Å². The molecule has 0 bridgehead atoms. The van der Waals surface area contributed by atoms with Crippen LogP contribution in [0.2, 0.25) is 0 Å². The molecule has 1 N–H and O–H groups in total. The van der Waals surface area contributed by atoms with Gasteiger partial charge < -0.3 is 4.74 Å². The highest BCUT2D eigenvalue weighted by Gasteiger charge is 2.00. The van der Waals surface area contributed by atoms with Crippen molar-refractivity contribution in [1.29, 1.82) is 0 Å². The van der Waals surface area contributed by atoms with Crippen molar-refractivity contribution >= 4 is 28.5 Å². The Morgan fingerprint density at radius 3 is 2.78 bits per heavy atom. The predicted molar refractivity (Wildman–Crippen MR) is 70.6 cm³/mol. The number of ether oxygens (including phenoxy) is 1. The Morgan fingerprint density at radius 1 is 1.39 bits per heavy atom. The molecule has 0 aliphatic heterocycles. The van der Waals surface area contributed by atoms with Gasteiger partial charge in [0.05, 0.1) is 7.11 Å². The van der Waals surface area contributed by atoms with E-state index in [9.17, 15) is 4.79 Å². The molecule has 0 unspecified atom stereocenters. The van der Waals surface area contributed by atoms with Crippen molar-refractivity contribution in [2.75, 3.05) is 12.4 Å². The van der Waals surface area contributed by atoms with E-state index < -0.39 is 0 Å². The third-order valence-corrected chi connectivity index (χ3v) is 2.74. The fourth-order valence-electron chi connectivity index (χ4n) is 1.26. The van der Waals surface area contributed by atoms with Gasteiger partial charge in [-0.05, 0) is 23.8 Å². The number of nitrogens with one attached hydrogen (secondary N) is 1. The molecule has 1 aromatic heterocycles. The van der Waals surface area contributed by atoms with Gasteiger partial charge in [-0.15, -0.1) is 10.2 Å². The quantitative estimate of drug-likeness (QED) is 0.857. The van der Waals surface area contributed by atoms with Gasteiger partial charge in [0.25, 0.3) is 0 Å². The van der Waals surface area contributed by atoms with Gasteiger partial charge in [0, 0.05) is 6.08 Å². The van der Waals surface area contributed by atoms with Crippen molar-refractivity contribution < 1.29 is 9.53 Å². The molecule has 1 heterocycles. The fraction of sp³-hybridized carbons (Fsp3) is 0.0833. The third-order valence-electron chi connectivity index (χ3n) is 2.13. The van der Waals surface area contributed by atoms with E-state index in [4.69, 9.17) is 4.74 Å². The zero-order valence-corrected chi connectivity index (χ0v) is 10.5. The molecule has 0 aliphatic rings. The molecule has 5 nitrogen and oxygen atoms in total. The summed E-state index contributed by atoms with van der Waals surface area (Å²) in [4.78, 5) is 11.5. The van der Waals surface area contributed by atoms with Gasteiger partial charge in [-0.3, -0.25) is 10.1 Å².